The fraction of sp³-hybridized carbons (Fsp3) is 0.278. The van der Waals surface area contributed by atoms with Crippen molar-refractivity contribution in [3.05, 3.63) is 52.3 Å². The van der Waals surface area contributed by atoms with E-state index in [4.69, 9.17) is 0 Å². The SMILES string of the molecule is Cc1c(C(=O)NNC(=O)c2ccc(S(C)(=O)=O)cc2)[nH]c2c1C(=O)CCC2. The fourth-order valence-corrected chi connectivity index (χ4v) is 3.73. The number of fused-ring (bicyclic) bond motifs is 1. The number of Topliss-reactive ketones (excluding diaryl/α,β-unsaturated/α-hetero) is 1. The van der Waals surface area contributed by atoms with Crippen LogP contribution in [0, 0.1) is 6.92 Å². The first-order valence-electron chi connectivity index (χ1n) is 8.34. The third-order valence-corrected chi connectivity index (χ3v) is 5.63. The standard InChI is InChI=1S/C18H19N3O5S/c1-10-15-13(4-3-5-14(15)22)19-16(10)18(24)21-20-17(23)11-6-8-12(9-7-11)27(2,25)26/h6-9,19H,3-5H2,1-2H3,(H,20,23)(H,21,24). The van der Waals surface area contributed by atoms with Crippen LogP contribution in [-0.4, -0.2) is 37.3 Å². The van der Waals surface area contributed by atoms with Crippen molar-refractivity contribution in [3.8, 4) is 0 Å². The van der Waals surface area contributed by atoms with Gasteiger partial charge in [-0.05, 0) is 49.6 Å². The molecule has 3 rings (SSSR count). The van der Waals surface area contributed by atoms with Gasteiger partial charge in [-0.1, -0.05) is 0 Å². The van der Waals surface area contributed by atoms with Gasteiger partial charge in [0, 0.05) is 29.5 Å². The molecule has 0 bridgehead atoms. The molecule has 1 heterocycles. The summed E-state index contributed by atoms with van der Waals surface area (Å²) in [7, 11) is -3.35. The van der Waals surface area contributed by atoms with E-state index in [9.17, 15) is 22.8 Å². The second kappa shape index (κ2) is 6.99. The molecular formula is C18H19N3O5S. The second-order valence-corrected chi connectivity index (χ2v) is 8.48. The van der Waals surface area contributed by atoms with Gasteiger partial charge in [0.05, 0.1) is 4.90 Å². The molecule has 0 aliphatic heterocycles. The lowest BCUT2D eigenvalue weighted by atomic mass is 9.94. The van der Waals surface area contributed by atoms with Gasteiger partial charge in [0.2, 0.25) is 0 Å². The first-order valence-corrected chi connectivity index (χ1v) is 10.2. The highest BCUT2D eigenvalue weighted by Gasteiger charge is 2.26. The molecule has 9 heteroatoms. The van der Waals surface area contributed by atoms with Gasteiger partial charge in [0.15, 0.2) is 15.6 Å². The molecule has 3 N–H and O–H groups in total. The number of hydrazine groups is 1. The van der Waals surface area contributed by atoms with Gasteiger partial charge in [0.25, 0.3) is 11.8 Å². The Morgan fingerprint density at radius 3 is 2.26 bits per heavy atom. The van der Waals surface area contributed by atoms with Crippen molar-refractivity contribution in [2.45, 2.75) is 31.1 Å². The zero-order valence-electron chi connectivity index (χ0n) is 14.9. The van der Waals surface area contributed by atoms with E-state index < -0.39 is 21.7 Å². The third-order valence-electron chi connectivity index (χ3n) is 4.50. The number of aromatic amines is 1. The topological polar surface area (TPSA) is 125 Å². The Kier molecular flexibility index (Phi) is 4.88. The monoisotopic (exact) mass is 389 g/mol. The summed E-state index contributed by atoms with van der Waals surface area (Å²) >= 11 is 0. The number of nitrogens with one attached hydrogen (secondary N) is 3. The molecule has 1 aromatic carbocycles. The number of aromatic nitrogens is 1. The van der Waals surface area contributed by atoms with Crippen LogP contribution in [-0.2, 0) is 16.3 Å². The highest BCUT2D eigenvalue weighted by atomic mass is 32.2. The minimum atomic E-state index is -3.35. The number of hydrogen-bond donors (Lipinski definition) is 3. The van der Waals surface area contributed by atoms with Crippen LogP contribution >= 0.6 is 0 Å². The lowest BCUT2D eigenvalue weighted by Crippen LogP contribution is -2.42. The van der Waals surface area contributed by atoms with E-state index in [1.54, 1.807) is 6.92 Å². The quantitative estimate of drug-likeness (QED) is 0.683. The predicted molar refractivity (Wildman–Crippen MR) is 97.3 cm³/mol. The van der Waals surface area contributed by atoms with Gasteiger partial charge >= 0.3 is 0 Å². The summed E-state index contributed by atoms with van der Waals surface area (Å²) in [5.41, 5.74) is 6.90. The Labute approximate surface area is 156 Å². The highest BCUT2D eigenvalue weighted by Crippen LogP contribution is 2.26. The van der Waals surface area contributed by atoms with Gasteiger partial charge in [-0.15, -0.1) is 0 Å². The molecule has 8 nitrogen and oxygen atoms in total. The average molecular weight is 389 g/mol. The summed E-state index contributed by atoms with van der Waals surface area (Å²) < 4.78 is 22.9. The van der Waals surface area contributed by atoms with E-state index in [0.29, 0.717) is 24.0 Å². The Morgan fingerprint density at radius 2 is 1.67 bits per heavy atom. The number of carbonyl (C=O) groups excluding carboxylic acids is 3. The molecule has 1 aliphatic carbocycles. The van der Waals surface area contributed by atoms with Crippen molar-refractivity contribution in [3.63, 3.8) is 0 Å². The Morgan fingerprint density at radius 1 is 1.04 bits per heavy atom. The minimum absolute atomic E-state index is 0.0130. The number of benzene rings is 1. The van der Waals surface area contributed by atoms with E-state index in [1.165, 1.54) is 24.3 Å². The number of H-pyrrole nitrogens is 1. The maximum Gasteiger partial charge on any atom is 0.286 e. The fourth-order valence-electron chi connectivity index (χ4n) is 3.10. The zero-order chi connectivity index (χ0) is 19.8. The number of hydrogen-bond acceptors (Lipinski definition) is 5. The number of ketones is 1. The lowest BCUT2D eigenvalue weighted by molar-refractivity contribution is 0.0843. The van der Waals surface area contributed by atoms with Crippen molar-refractivity contribution in [1.29, 1.82) is 0 Å². The minimum Gasteiger partial charge on any atom is -0.354 e. The molecule has 0 spiro atoms. The van der Waals surface area contributed by atoms with E-state index >= 15 is 0 Å². The largest absolute Gasteiger partial charge is 0.354 e. The van der Waals surface area contributed by atoms with Crippen molar-refractivity contribution < 1.29 is 22.8 Å². The lowest BCUT2D eigenvalue weighted by Gasteiger charge is -2.09. The van der Waals surface area contributed by atoms with Crippen molar-refractivity contribution >= 4 is 27.4 Å². The molecule has 142 valence electrons. The molecule has 2 aromatic rings. The number of amides is 2. The first kappa shape index (κ1) is 18.8. The maximum atomic E-state index is 12.4. The summed E-state index contributed by atoms with van der Waals surface area (Å²) in [4.78, 5) is 39.6. The van der Waals surface area contributed by atoms with Crippen LogP contribution in [0.25, 0.3) is 0 Å². The Balaban J connectivity index is 1.69. The van der Waals surface area contributed by atoms with Crippen LogP contribution in [0.1, 0.15) is 55.3 Å². The van der Waals surface area contributed by atoms with Crippen molar-refractivity contribution in [2.24, 2.45) is 0 Å². The molecule has 0 radical (unpaired) electrons. The number of sulfone groups is 1. The summed E-state index contributed by atoms with van der Waals surface area (Å²) in [6.07, 6.45) is 2.99. The molecule has 0 atom stereocenters. The van der Waals surface area contributed by atoms with Crippen LogP contribution in [0.5, 0.6) is 0 Å². The second-order valence-electron chi connectivity index (χ2n) is 6.46. The molecule has 1 aliphatic rings. The smallest absolute Gasteiger partial charge is 0.286 e. The van der Waals surface area contributed by atoms with Crippen molar-refractivity contribution in [2.75, 3.05) is 6.26 Å². The normalized spacial score (nSPS) is 13.8. The van der Waals surface area contributed by atoms with Gasteiger partial charge < -0.3 is 4.98 Å². The van der Waals surface area contributed by atoms with Crippen LogP contribution in [0.3, 0.4) is 0 Å². The predicted octanol–water partition coefficient (Wildman–Crippen LogP) is 1.32. The molecule has 0 saturated heterocycles. The number of rotatable bonds is 3. The van der Waals surface area contributed by atoms with Crippen LogP contribution in [0.4, 0.5) is 0 Å². The van der Waals surface area contributed by atoms with Crippen LogP contribution < -0.4 is 10.9 Å². The molecule has 0 saturated carbocycles. The van der Waals surface area contributed by atoms with E-state index in [-0.39, 0.29) is 21.9 Å². The molecular weight excluding hydrogens is 370 g/mol. The molecule has 0 fully saturated rings. The highest BCUT2D eigenvalue weighted by molar-refractivity contribution is 7.90. The summed E-state index contributed by atoms with van der Waals surface area (Å²) in [5.74, 6) is -1.14. The van der Waals surface area contributed by atoms with Gasteiger partial charge in [-0.2, -0.15) is 0 Å². The van der Waals surface area contributed by atoms with Gasteiger partial charge in [-0.25, -0.2) is 8.42 Å². The number of carbonyl (C=O) groups is 3. The van der Waals surface area contributed by atoms with Crippen LogP contribution in [0.2, 0.25) is 0 Å². The van der Waals surface area contributed by atoms with E-state index in [2.05, 4.69) is 15.8 Å². The average Bonchev–Trinajstić information content (AvgIpc) is 2.97. The first-order chi connectivity index (χ1) is 12.7. The van der Waals surface area contributed by atoms with Crippen LogP contribution in [0.15, 0.2) is 29.2 Å². The van der Waals surface area contributed by atoms with E-state index in [1.807, 2.05) is 0 Å². The summed E-state index contributed by atoms with van der Waals surface area (Å²) in [6, 6.07) is 5.35. The van der Waals surface area contributed by atoms with E-state index in [0.717, 1.165) is 18.4 Å². The maximum absolute atomic E-state index is 12.4. The third kappa shape index (κ3) is 3.77. The molecule has 2 amide bonds. The van der Waals surface area contributed by atoms with Gasteiger partial charge in [-0.3, -0.25) is 25.2 Å². The molecule has 27 heavy (non-hydrogen) atoms. The molecule has 1 aromatic heterocycles. The Bertz CT molecular complexity index is 1040. The summed E-state index contributed by atoms with van der Waals surface area (Å²) in [5, 5.41) is 0. The number of aryl methyl sites for hydroxylation is 1. The Hall–Kier alpha value is -2.94. The molecule has 0 unspecified atom stereocenters. The van der Waals surface area contributed by atoms with Crippen molar-refractivity contribution in [1.82, 2.24) is 15.8 Å². The zero-order valence-corrected chi connectivity index (χ0v) is 15.7. The van der Waals surface area contributed by atoms with Gasteiger partial charge in [0.1, 0.15) is 5.69 Å². The summed E-state index contributed by atoms with van der Waals surface area (Å²) in [6.45, 7) is 1.69.